The molecule has 0 aliphatic carbocycles. The van der Waals surface area contributed by atoms with Crippen LogP contribution in [0.4, 0.5) is 5.69 Å². The summed E-state index contributed by atoms with van der Waals surface area (Å²) in [7, 11) is 2.12. The molecular formula is C9H13ClN2. The van der Waals surface area contributed by atoms with Crippen LogP contribution in [0, 0.1) is 0 Å². The quantitative estimate of drug-likeness (QED) is 0.622. The van der Waals surface area contributed by atoms with Gasteiger partial charge in [-0.15, -0.1) is 12.4 Å². The average Bonchev–Trinajstić information content (AvgIpc) is 2.27. The summed E-state index contributed by atoms with van der Waals surface area (Å²) in [6, 6.07) is 6.16. The summed E-state index contributed by atoms with van der Waals surface area (Å²) < 4.78 is 0. The van der Waals surface area contributed by atoms with Crippen LogP contribution in [0.3, 0.4) is 0 Å². The second-order valence-electron chi connectivity index (χ2n) is 3.20. The molecule has 1 heterocycles. The smallest absolute Gasteiger partial charge is 0.0317 e. The Morgan fingerprint density at radius 1 is 1.25 bits per heavy atom. The number of nitrogens with two attached hydrogens (primary N) is 1. The molecule has 0 radical (unpaired) electrons. The Morgan fingerprint density at radius 2 is 1.92 bits per heavy atom. The van der Waals surface area contributed by atoms with Crippen LogP contribution < -0.4 is 5.73 Å². The third kappa shape index (κ3) is 1.54. The molecule has 1 aliphatic rings. The lowest BCUT2D eigenvalue weighted by atomic mass is 10.1. The van der Waals surface area contributed by atoms with E-state index in [0.717, 1.165) is 18.8 Å². The highest BCUT2D eigenvalue weighted by Gasteiger charge is 2.14. The molecule has 0 saturated carbocycles. The predicted octanol–water partition coefficient (Wildman–Crippen LogP) is 1.64. The molecule has 0 unspecified atom stereocenters. The van der Waals surface area contributed by atoms with E-state index < -0.39 is 0 Å². The van der Waals surface area contributed by atoms with E-state index in [9.17, 15) is 0 Å². The van der Waals surface area contributed by atoms with Crippen molar-refractivity contribution in [2.75, 3.05) is 12.8 Å². The summed E-state index contributed by atoms with van der Waals surface area (Å²) in [6.07, 6.45) is 0. The van der Waals surface area contributed by atoms with Gasteiger partial charge in [0.15, 0.2) is 0 Å². The average molecular weight is 185 g/mol. The largest absolute Gasteiger partial charge is 0.399 e. The van der Waals surface area contributed by atoms with Crippen LogP contribution in [-0.2, 0) is 13.1 Å². The van der Waals surface area contributed by atoms with Crippen LogP contribution in [0.2, 0.25) is 0 Å². The van der Waals surface area contributed by atoms with E-state index in [1.807, 2.05) is 6.07 Å². The van der Waals surface area contributed by atoms with Crippen molar-refractivity contribution in [1.29, 1.82) is 0 Å². The van der Waals surface area contributed by atoms with Crippen molar-refractivity contribution in [1.82, 2.24) is 4.90 Å². The van der Waals surface area contributed by atoms with Crippen molar-refractivity contribution in [3.8, 4) is 0 Å². The second kappa shape index (κ2) is 3.33. The number of hydrogen-bond donors (Lipinski definition) is 1. The highest BCUT2D eigenvalue weighted by Crippen LogP contribution is 2.22. The minimum Gasteiger partial charge on any atom is -0.399 e. The lowest BCUT2D eigenvalue weighted by Gasteiger charge is -2.02. The van der Waals surface area contributed by atoms with Crippen LogP contribution in [0.15, 0.2) is 18.2 Å². The van der Waals surface area contributed by atoms with Crippen molar-refractivity contribution < 1.29 is 0 Å². The zero-order valence-corrected chi connectivity index (χ0v) is 7.90. The van der Waals surface area contributed by atoms with Crippen LogP contribution in [0.1, 0.15) is 11.1 Å². The minimum atomic E-state index is 0. The molecule has 1 aromatic rings. The zero-order valence-electron chi connectivity index (χ0n) is 7.08. The Morgan fingerprint density at radius 3 is 2.67 bits per heavy atom. The molecule has 2 rings (SSSR count). The molecule has 0 amide bonds. The Balaban J connectivity index is 0.000000720. The van der Waals surface area contributed by atoms with Gasteiger partial charge in [0.2, 0.25) is 0 Å². The first-order valence-corrected chi connectivity index (χ1v) is 3.81. The van der Waals surface area contributed by atoms with E-state index in [4.69, 9.17) is 5.73 Å². The van der Waals surface area contributed by atoms with Gasteiger partial charge in [0, 0.05) is 18.8 Å². The monoisotopic (exact) mass is 184 g/mol. The van der Waals surface area contributed by atoms with Gasteiger partial charge < -0.3 is 5.73 Å². The number of benzene rings is 1. The molecule has 12 heavy (non-hydrogen) atoms. The molecule has 0 saturated heterocycles. The van der Waals surface area contributed by atoms with Gasteiger partial charge in [0.25, 0.3) is 0 Å². The molecule has 2 nitrogen and oxygen atoms in total. The van der Waals surface area contributed by atoms with Gasteiger partial charge in [0.05, 0.1) is 0 Å². The van der Waals surface area contributed by atoms with Gasteiger partial charge in [-0.3, -0.25) is 4.90 Å². The first-order chi connectivity index (χ1) is 5.25. The lowest BCUT2D eigenvalue weighted by molar-refractivity contribution is 0.353. The van der Waals surface area contributed by atoms with Gasteiger partial charge in [-0.2, -0.15) is 0 Å². The number of halogens is 1. The molecule has 0 spiro atoms. The van der Waals surface area contributed by atoms with Crippen molar-refractivity contribution >= 4 is 18.1 Å². The van der Waals surface area contributed by atoms with Crippen molar-refractivity contribution in [3.63, 3.8) is 0 Å². The summed E-state index contributed by atoms with van der Waals surface area (Å²) in [5.74, 6) is 0. The number of nitrogens with zero attached hydrogens (tertiary/aromatic N) is 1. The van der Waals surface area contributed by atoms with E-state index in [0.29, 0.717) is 0 Å². The van der Waals surface area contributed by atoms with Crippen molar-refractivity contribution in [2.24, 2.45) is 0 Å². The summed E-state index contributed by atoms with van der Waals surface area (Å²) in [5.41, 5.74) is 9.33. The number of fused-ring (bicyclic) bond motifs is 1. The molecule has 0 atom stereocenters. The highest BCUT2D eigenvalue weighted by molar-refractivity contribution is 5.85. The predicted molar refractivity (Wildman–Crippen MR) is 53.3 cm³/mol. The van der Waals surface area contributed by atoms with E-state index in [1.54, 1.807) is 0 Å². The molecule has 1 aliphatic heterocycles. The van der Waals surface area contributed by atoms with Crippen LogP contribution >= 0.6 is 12.4 Å². The zero-order chi connectivity index (χ0) is 7.84. The summed E-state index contributed by atoms with van der Waals surface area (Å²) in [5, 5.41) is 0. The Hall–Kier alpha value is -0.730. The van der Waals surface area contributed by atoms with Crippen LogP contribution in [-0.4, -0.2) is 11.9 Å². The Labute approximate surface area is 78.8 Å². The first-order valence-electron chi connectivity index (χ1n) is 3.81. The standard InChI is InChI=1S/C9H12N2.ClH/c1-11-5-7-2-3-9(10)4-8(7)6-11;/h2-4H,5-6,10H2,1H3;1H. The first kappa shape index (κ1) is 9.36. The fourth-order valence-corrected chi connectivity index (χ4v) is 1.58. The molecular weight excluding hydrogens is 172 g/mol. The summed E-state index contributed by atoms with van der Waals surface area (Å²) in [4.78, 5) is 2.28. The van der Waals surface area contributed by atoms with Crippen LogP contribution in [0.25, 0.3) is 0 Å². The van der Waals surface area contributed by atoms with E-state index in [1.165, 1.54) is 11.1 Å². The summed E-state index contributed by atoms with van der Waals surface area (Å²) in [6.45, 7) is 2.11. The van der Waals surface area contributed by atoms with Gasteiger partial charge in [-0.1, -0.05) is 6.07 Å². The fraction of sp³-hybridized carbons (Fsp3) is 0.333. The van der Waals surface area contributed by atoms with Crippen molar-refractivity contribution in [2.45, 2.75) is 13.1 Å². The molecule has 0 aromatic heterocycles. The number of hydrogen-bond acceptors (Lipinski definition) is 2. The molecule has 3 heteroatoms. The third-order valence-corrected chi connectivity index (χ3v) is 2.11. The SMILES string of the molecule is CN1Cc2ccc(N)cc2C1.Cl. The van der Waals surface area contributed by atoms with Gasteiger partial charge in [-0.25, -0.2) is 0 Å². The highest BCUT2D eigenvalue weighted by atomic mass is 35.5. The minimum absolute atomic E-state index is 0. The normalized spacial score (nSPS) is 15.4. The van der Waals surface area contributed by atoms with E-state index >= 15 is 0 Å². The summed E-state index contributed by atoms with van der Waals surface area (Å²) >= 11 is 0. The maximum atomic E-state index is 5.66. The van der Waals surface area contributed by atoms with Gasteiger partial charge >= 0.3 is 0 Å². The Bertz CT molecular complexity index is 286. The lowest BCUT2D eigenvalue weighted by Crippen LogP contribution is -2.07. The molecule has 2 N–H and O–H groups in total. The van der Waals surface area contributed by atoms with E-state index in [2.05, 4.69) is 24.1 Å². The van der Waals surface area contributed by atoms with Crippen LogP contribution in [0.5, 0.6) is 0 Å². The number of nitrogen functional groups attached to an aromatic ring is 1. The van der Waals surface area contributed by atoms with Gasteiger partial charge in [-0.05, 0) is 30.3 Å². The maximum absolute atomic E-state index is 5.66. The van der Waals surface area contributed by atoms with E-state index in [-0.39, 0.29) is 12.4 Å². The second-order valence-corrected chi connectivity index (χ2v) is 3.20. The van der Waals surface area contributed by atoms with Crippen molar-refractivity contribution in [3.05, 3.63) is 29.3 Å². The molecule has 1 aromatic carbocycles. The number of anilines is 1. The molecule has 0 bridgehead atoms. The molecule has 66 valence electrons. The Kier molecular flexibility index (Phi) is 2.60. The number of rotatable bonds is 0. The fourth-order valence-electron chi connectivity index (χ4n) is 1.58. The topological polar surface area (TPSA) is 29.3 Å². The third-order valence-electron chi connectivity index (χ3n) is 2.11. The van der Waals surface area contributed by atoms with Gasteiger partial charge in [0.1, 0.15) is 0 Å². The molecule has 0 fully saturated rings. The maximum Gasteiger partial charge on any atom is 0.0317 e.